The molecule has 0 aromatic heterocycles. The quantitative estimate of drug-likeness (QED) is 0.0199. The molecule has 0 bridgehead atoms. The molecule has 3 aliphatic heterocycles. The van der Waals surface area contributed by atoms with Crippen molar-refractivity contribution in [2.75, 3.05) is 26.4 Å². The van der Waals surface area contributed by atoms with Gasteiger partial charge in [-0.15, -0.1) is 0 Å². The normalized spacial score (nSPS) is 25.3. The molecule has 0 aromatic rings. The number of hydrogen-bond acceptors (Lipinski definition) is 18. The number of nitrogens with one attached hydrogen (secondary N) is 1. The average Bonchev–Trinajstić information content (AvgIpc) is 0.781. The van der Waals surface area contributed by atoms with Gasteiger partial charge in [-0.25, -0.2) is 0 Å². The van der Waals surface area contributed by atoms with Gasteiger partial charge in [-0.2, -0.15) is 0 Å². The van der Waals surface area contributed by atoms with Crippen molar-refractivity contribution in [3.05, 3.63) is 85.1 Å². The number of hydrogen-bond donors (Lipinski definition) is 12. The minimum atomic E-state index is -1.98. The Morgan fingerprint density at radius 1 is 0.330 bits per heavy atom. The monoisotopic (exact) mass is 1590 g/mol. The van der Waals surface area contributed by atoms with E-state index in [1.165, 1.54) is 257 Å². The maximum absolute atomic E-state index is 13.5. The average molecular weight is 1590 g/mol. The van der Waals surface area contributed by atoms with Crippen molar-refractivity contribution >= 4 is 5.91 Å². The summed E-state index contributed by atoms with van der Waals surface area (Å²) in [4.78, 5) is 13.5. The van der Waals surface area contributed by atoms with E-state index in [2.05, 4.69) is 92.1 Å². The molecule has 3 rings (SSSR count). The minimum absolute atomic E-state index is 0.243. The molecular formula is C93H167NO18. The van der Waals surface area contributed by atoms with Gasteiger partial charge in [0.15, 0.2) is 18.9 Å². The number of aliphatic hydroxyl groups is 11. The molecule has 112 heavy (non-hydrogen) atoms. The zero-order valence-electron chi connectivity index (χ0n) is 70.4. The lowest BCUT2D eigenvalue weighted by molar-refractivity contribution is -0.379. The highest BCUT2D eigenvalue weighted by atomic mass is 16.8. The minimum Gasteiger partial charge on any atom is -0.394 e. The summed E-state index contributed by atoms with van der Waals surface area (Å²) < 4.78 is 34.5. The van der Waals surface area contributed by atoms with Crippen molar-refractivity contribution in [3.63, 3.8) is 0 Å². The molecule has 19 nitrogen and oxygen atoms in total. The molecule has 12 N–H and O–H groups in total. The predicted molar refractivity (Wildman–Crippen MR) is 452 cm³/mol. The van der Waals surface area contributed by atoms with E-state index in [0.29, 0.717) is 6.42 Å². The summed E-state index contributed by atoms with van der Waals surface area (Å²) in [6, 6.07) is -0.978. The van der Waals surface area contributed by atoms with Crippen molar-refractivity contribution in [2.45, 2.75) is 471 Å². The van der Waals surface area contributed by atoms with Gasteiger partial charge in [-0.1, -0.05) is 375 Å². The first-order valence-electron chi connectivity index (χ1n) is 45.8. The highest BCUT2D eigenvalue weighted by Gasteiger charge is 2.54. The van der Waals surface area contributed by atoms with E-state index in [9.17, 15) is 61.0 Å². The summed E-state index contributed by atoms with van der Waals surface area (Å²) in [6.45, 7) is 1.68. The first-order chi connectivity index (χ1) is 54.8. The Morgan fingerprint density at radius 2 is 0.616 bits per heavy atom. The van der Waals surface area contributed by atoms with Crippen LogP contribution < -0.4 is 5.32 Å². The Bertz CT molecular complexity index is 2350. The molecule has 652 valence electrons. The fraction of sp³-hybridized carbons (Fsp3) is 0.839. The number of carbonyl (C=O) groups is 1. The van der Waals surface area contributed by atoms with Gasteiger partial charge in [0.05, 0.1) is 38.6 Å². The Hall–Kier alpha value is -3.03. The van der Waals surface area contributed by atoms with E-state index in [1.807, 2.05) is 6.08 Å². The standard InChI is InChI=1S/C93H167NO18/c1-3-5-7-9-11-13-15-17-19-21-23-25-27-29-31-33-35-36-37-38-39-40-41-43-45-47-49-51-53-55-57-59-61-63-65-67-69-71-81(99)94-76(77(98)70-68-66-64-62-60-58-56-54-52-50-48-46-44-42-34-32-30-28-26-24-22-20-18-16-14-12-10-8-6-4-2)75-107-91-87(105)84(102)89(79(73-96)109-91)112-93-88(106)85(103)90(80(74-97)110-93)111-92-86(104)83(101)82(100)78(72-95)108-92/h5,7,11,13,17,19,23,25,29,31,35-36,68,70,76-80,82-93,95-98,100-106H,3-4,6,8-10,12,14-16,18,20-22,24,26-28,30,32-34,37-67,69,71-75H2,1-2H3,(H,94,99)/b7-5-,13-11-,19-17-,25-23-,31-29-,36-35-,70-68+. The van der Waals surface area contributed by atoms with Crippen molar-refractivity contribution < 1.29 is 89.4 Å². The van der Waals surface area contributed by atoms with Gasteiger partial charge in [0.2, 0.25) is 5.91 Å². The molecule has 17 atom stereocenters. The van der Waals surface area contributed by atoms with Gasteiger partial charge in [0.1, 0.15) is 73.2 Å². The summed E-state index contributed by atoms with van der Waals surface area (Å²) in [5, 5.41) is 121. The van der Waals surface area contributed by atoms with Gasteiger partial charge in [-0.05, 0) is 70.6 Å². The molecule has 0 aromatic carbocycles. The SMILES string of the molecule is CC/C=C\C/C=C\C/C=C\C/C=C\C/C=C\C/C=C\CCCCCCCCCCCCCCCCCCCCC(=O)NC(COC1OC(CO)C(OC2OC(CO)C(OC3OC(CO)C(O)C(O)C3O)C(O)C2O)C(O)C1O)C(O)/C=C/CCCCCCCCCCCCCCCCCCCCCCCCCCCCCC. The van der Waals surface area contributed by atoms with Crippen LogP contribution >= 0.6 is 0 Å². The number of amides is 1. The second-order valence-corrected chi connectivity index (χ2v) is 32.4. The Morgan fingerprint density at radius 3 is 0.964 bits per heavy atom. The highest BCUT2D eigenvalue weighted by Crippen LogP contribution is 2.34. The summed E-state index contributed by atoms with van der Waals surface area (Å²) in [5.74, 6) is -0.271. The number of allylic oxidation sites excluding steroid dienone is 13. The van der Waals surface area contributed by atoms with Crippen LogP contribution in [-0.2, 0) is 33.2 Å². The van der Waals surface area contributed by atoms with Crippen molar-refractivity contribution in [1.29, 1.82) is 0 Å². The lowest BCUT2D eigenvalue weighted by atomic mass is 9.96. The molecule has 17 unspecified atom stereocenters. The highest BCUT2D eigenvalue weighted by molar-refractivity contribution is 5.76. The van der Waals surface area contributed by atoms with E-state index in [-0.39, 0.29) is 18.9 Å². The van der Waals surface area contributed by atoms with Gasteiger partial charge < -0.3 is 89.9 Å². The maximum atomic E-state index is 13.5. The fourth-order valence-electron chi connectivity index (χ4n) is 15.2. The molecule has 0 aliphatic carbocycles. The first-order valence-corrected chi connectivity index (χ1v) is 45.8. The number of carbonyl (C=O) groups excluding carboxylic acids is 1. The van der Waals surface area contributed by atoms with Crippen LogP contribution in [0.5, 0.6) is 0 Å². The van der Waals surface area contributed by atoms with Crippen LogP contribution in [0.1, 0.15) is 367 Å². The first kappa shape index (κ1) is 103. The summed E-state index contributed by atoms with van der Waals surface area (Å²) >= 11 is 0. The Balaban J connectivity index is 1.32. The maximum Gasteiger partial charge on any atom is 0.220 e. The molecule has 0 radical (unpaired) electrons. The van der Waals surface area contributed by atoms with E-state index in [4.69, 9.17) is 28.4 Å². The topological polar surface area (TPSA) is 307 Å². The Labute approximate surface area is 680 Å². The van der Waals surface area contributed by atoms with Gasteiger partial charge in [-0.3, -0.25) is 4.79 Å². The molecule has 19 heteroatoms. The third-order valence-corrected chi connectivity index (χ3v) is 22.4. The van der Waals surface area contributed by atoms with Crippen LogP contribution in [0.15, 0.2) is 85.1 Å². The summed E-state index contributed by atoms with van der Waals surface area (Å²) in [6.07, 6.45) is 71.6. The van der Waals surface area contributed by atoms with E-state index >= 15 is 0 Å². The molecule has 3 aliphatic rings. The van der Waals surface area contributed by atoms with Crippen molar-refractivity contribution in [1.82, 2.24) is 5.32 Å². The molecule has 3 saturated heterocycles. The molecular weight excluding hydrogens is 1420 g/mol. The van der Waals surface area contributed by atoms with Gasteiger partial charge in [0, 0.05) is 6.42 Å². The second-order valence-electron chi connectivity index (χ2n) is 32.4. The summed E-state index contributed by atoms with van der Waals surface area (Å²) in [5.41, 5.74) is 0. The third-order valence-electron chi connectivity index (χ3n) is 22.4. The van der Waals surface area contributed by atoms with Crippen molar-refractivity contribution in [3.8, 4) is 0 Å². The Kier molecular flexibility index (Phi) is 66.3. The zero-order valence-corrected chi connectivity index (χ0v) is 70.4. The van der Waals surface area contributed by atoms with Crippen molar-refractivity contribution in [2.24, 2.45) is 0 Å². The molecule has 1 amide bonds. The predicted octanol–water partition coefficient (Wildman–Crippen LogP) is 17.7. The van der Waals surface area contributed by atoms with E-state index in [1.54, 1.807) is 6.08 Å². The van der Waals surface area contributed by atoms with E-state index < -0.39 is 124 Å². The molecule has 3 fully saturated rings. The largest absolute Gasteiger partial charge is 0.394 e. The molecule has 0 saturated carbocycles. The molecule has 3 heterocycles. The number of unbranched alkanes of at least 4 members (excludes halogenated alkanes) is 46. The van der Waals surface area contributed by atoms with Gasteiger partial charge in [0.25, 0.3) is 0 Å². The fourth-order valence-corrected chi connectivity index (χ4v) is 15.2. The van der Waals surface area contributed by atoms with Crippen LogP contribution in [0.2, 0.25) is 0 Å². The van der Waals surface area contributed by atoms with Crippen LogP contribution in [0, 0.1) is 0 Å². The van der Waals surface area contributed by atoms with Gasteiger partial charge >= 0.3 is 0 Å². The van der Waals surface area contributed by atoms with Crippen LogP contribution in [0.25, 0.3) is 0 Å². The zero-order chi connectivity index (χ0) is 81.0. The summed E-state index contributed by atoms with van der Waals surface area (Å²) in [7, 11) is 0. The second kappa shape index (κ2) is 72.0. The molecule has 0 spiro atoms. The number of ether oxygens (including phenoxy) is 6. The lowest BCUT2D eigenvalue weighted by Crippen LogP contribution is -2.66. The van der Waals surface area contributed by atoms with Crippen LogP contribution in [-0.4, -0.2) is 193 Å². The lowest BCUT2D eigenvalue weighted by Gasteiger charge is -2.48. The number of aliphatic hydroxyl groups excluding tert-OH is 11. The van der Waals surface area contributed by atoms with E-state index in [0.717, 1.165) is 83.5 Å². The third kappa shape index (κ3) is 50.0. The number of rotatable bonds is 74. The smallest absolute Gasteiger partial charge is 0.220 e. The van der Waals surface area contributed by atoms with Crippen LogP contribution in [0.4, 0.5) is 0 Å². The van der Waals surface area contributed by atoms with Crippen LogP contribution in [0.3, 0.4) is 0 Å².